The Labute approximate surface area is 86.7 Å². The number of aromatic nitrogens is 1. The number of rotatable bonds is 0. The molecule has 1 heterocycles. The lowest BCUT2D eigenvalue weighted by atomic mass is 10.2. The first-order valence-electron chi connectivity index (χ1n) is 3.60. The third kappa shape index (κ3) is 1.32. The number of hydrogen-bond acceptors (Lipinski definition) is 3. The van der Waals surface area contributed by atoms with Crippen LogP contribution in [-0.4, -0.2) is 4.98 Å². The van der Waals surface area contributed by atoms with E-state index in [9.17, 15) is 4.39 Å². The molecule has 2 aromatic rings. The average molecular weight is 261 g/mol. The summed E-state index contributed by atoms with van der Waals surface area (Å²) in [5.41, 5.74) is 6.70. The molecular weight excluding hydrogens is 255 g/mol. The van der Waals surface area contributed by atoms with Crippen LogP contribution in [0.5, 0.6) is 0 Å². The molecule has 0 aliphatic heterocycles. The summed E-state index contributed by atoms with van der Waals surface area (Å²) in [4.78, 5) is 4.02. The maximum absolute atomic E-state index is 13.5. The number of aryl methyl sites for hydroxylation is 1. The second kappa shape index (κ2) is 2.92. The topological polar surface area (TPSA) is 38.9 Å². The molecular formula is C8H6BrFN2S. The van der Waals surface area contributed by atoms with Gasteiger partial charge >= 0.3 is 0 Å². The van der Waals surface area contributed by atoms with Gasteiger partial charge in [-0.15, -0.1) is 0 Å². The van der Waals surface area contributed by atoms with Crippen LogP contribution < -0.4 is 5.73 Å². The van der Waals surface area contributed by atoms with Crippen molar-refractivity contribution in [3.8, 4) is 0 Å². The molecule has 0 bridgehead atoms. The summed E-state index contributed by atoms with van der Waals surface area (Å²) in [5, 5.41) is 0.389. The minimum atomic E-state index is -0.229. The minimum absolute atomic E-state index is 0.229. The normalized spacial score (nSPS) is 11.0. The molecule has 2 N–H and O–H groups in total. The van der Waals surface area contributed by atoms with Gasteiger partial charge in [0.2, 0.25) is 0 Å². The Morgan fingerprint density at radius 3 is 3.00 bits per heavy atom. The summed E-state index contributed by atoms with van der Waals surface area (Å²) in [6, 6.07) is 1.71. The number of nitrogens with zero attached hydrogens (tertiary/aromatic N) is 1. The summed E-state index contributed by atoms with van der Waals surface area (Å²) in [6.07, 6.45) is 0. The zero-order chi connectivity index (χ0) is 9.59. The van der Waals surface area contributed by atoms with E-state index in [4.69, 9.17) is 5.73 Å². The molecule has 13 heavy (non-hydrogen) atoms. The minimum Gasteiger partial charge on any atom is -0.375 e. The number of anilines is 1. The van der Waals surface area contributed by atoms with Crippen molar-refractivity contribution in [2.45, 2.75) is 6.92 Å². The van der Waals surface area contributed by atoms with Gasteiger partial charge in [-0.1, -0.05) is 11.3 Å². The lowest BCUT2D eigenvalue weighted by molar-refractivity contribution is 0.632. The van der Waals surface area contributed by atoms with E-state index in [1.165, 1.54) is 11.3 Å². The number of hydrogen-bond donors (Lipinski definition) is 1. The van der Waals surface area contributed by atoms with Gasteiger partial charge in [0.15, 0.2) is 5.13 Å². The van der Waals surface area contributed by atoms with Crippen LogP contribution in [0.1, 0.15) is 5.56 Å². The smallest absolute Gasteiger partial charge is 0.181 e. The summed E-state index contributed by atoms with van der Waals surface area (Å²) in [7, 11) is 0. The summed E-state index contributed by atoms with van der Waals surface area (Å²) in [6.45, 7) is 1.72. The Balaban J connectivity index is 2.95. The summed E-state index contributed by atoms with van der Waals surface area (Å²) >= 11 is 4.49. The van der Waals surface area contributed by atoms with Crippen LogP contribution in [0.3, 0.4) is 0 Å². The highest BCUT2D eigenvalue weighted by Crippen LogP contribution is 2.33. The molecule has 2 nitrogen and oxygen atoms in total. The SMILES string of the molecule is Cc1cc(Br)c2nc(N)sc2c1F. The number of halogens is 2. The number of nitrogen functional groups attached to an aromatic ring is 1. The molecule has 0 saturated carbocycles. The van der Waals surface area contributed by atoms with E-state index in [1.54, 1.807) is 13.0 Å². The van der Waals surface area contributed by atoms with E-state index in [1.807, 2.05) is 0 Å². The molecule has 0 amide bonds. The third-order valence-electron chi connectivity index (χ3n) is 1.76. The van der Waals surface area contributed by atoms with Crippen LogP contribution in [0.15, 0.2) is 10.5 Å². The van der Waals surface area contributed by atoms with E-state index < -0.39 is 0 Å². The summed E-state index contributed by atoms with van der Waals surface area (Å²) in [5.74, 6) is -0.229. The predicted molar refractivity (Wildman–Crippen MR) is 56.4 cm³/mol. The van der Waals surface area contributed by atoms with E-state index in [-0.39, 0.29) is 5.82 Å². The molecule has 0 saturated heterocycles. The zero-order valence-corrected chi connectivity index (χ0v) is 9.17. The number of benzene rings is 1. The van der Waals surface area contributed by atoms with Crippen molar-refractivity contribution in [2.24, 2.45) is 0 Å². The van der Waals surface area contributed by atoms with Crippen molar-refractivity contribution >= 4 is 42.6 Å². The number of fused-ring (bicyclic) bond motifs is 1. The Bertz CT molecular complexity index is 480. The van der Waals surface area contributed by atoms with Crippen LogP contribution in [-0.2, 0) is 0 Å². The van der Waals surface area contributed by atoms with Gasteiger partial charge in [-0.05, 0) is 34.5 Å². The molecule has 2 rings (SSSR count). The average Bonchev–Trinajstić information content (AvgIpc) is 2.44. The van der Waals surface area contributed by atoms with Crippen LogP contribution in [0.2, 0.25) is 0 Å². The lowest BCUT2D eigenvalue weighted by Gasteiger charge is -1.98. The van der Waals surface area contributed by atoms with Crippen molar-refractivity contribution in [2.75, 3.05) is 5.73 Å². The van der Waals surface area contributed by atoms with Gasteiger partial charge in [-0.25, -0.2) is 9.37 Å². The highest BCUT2D eigenvalue weighted by molar-refractivity contribution is 9.10. The molecule has 0 aliphatic carbocycles. The van der Waals surface area contributed by atoms with E-state index in [0.717, 1.165) is 4.47 Å². The van der Waals surface area contributed by atoms with E-state index in [0.29, 0.717) is 20.9 Å². The van der Waals surface area contributed by atoms with Gasteiger partial charge in [0.05, 0.1) is 4.70 Å². The van der Waals surface area contributed by atoms with Crippen LogP contribution in [0, 0.1) is 12.7 Å². The Hall–Kier alpha value is -0.680. The third-order valence-corrected chi connectivity index (χ3v) is 3.24. The van der Waals surface area contributed by atoms with E-state index >= 15 is 0 Å². The summed E-state index contributed by atoms with van der Waals surface area (Å²) < 4.78 is 14.8. The Morgan fingerprint density at radius 2 is 2.31 bits per heavy atom. The molecule has 0 aliphatic rings. The van der Waals surface area contributed by atoms with Gasteiger partial charge in [0, 0.05) is 4.47 Å². The fourth-order valence-corrected chi connectivity index (χ4v) is 2.76. The first-order chi connectivity index (χ1) is 6.09. The maximum atomic E-state index is 13.5. The molecule has 5 heteroatoms. The first-order valence-corrected chi connectivity index (χ1v) is 5.21. The fourth-order valence-electron chi connectivity index (χ4n) is 1.15. The fraction of sp³-hybridized carbons (Fsp3) is 0.125. The van der Waals surface area contributed by atoms with Crippen molar-refractivity contribution in [3.63, 3.8) is 0 Å². The van der Waals surface area contributed by atoms with Crippen LogP contribution >= 0.6 is 27.3 Å². The molecule has 1 aromatic carbocycles. The van der Waals surface area contributed by atoms with Crippen molar-refractivity contribution in [1.82, 2.24) is 4.98 Å². The van der Waals surface area contributed by atoms with Gasteiger partial charge in [-0.2, -0.15) is 0 Å². The van der Waals surface area contributed by atoms with Gasteiger partial charge in [-0.3, -0.25) is 0 Å². The Morgan fingerprint density at radius 1 is 1.62 bits per heavy atom. The standard InChI is InChI=1S/C8H6BrFN2S/c1-3-2-4(9)6-7(5(3)10)13-8(11)12-6/h2H,1H3,(H2,11,12). The Kier molecular flexibility index (Phi) is 2.00. The molecule has 68 valence electrons. The highest BCUT2D eigenvalue weighted by atomic mass is 79.9. The first kappa shape index (κ1) is 8.90. The van der Waals surface area contributed by atoms with Crippen LogP contribution in [0.25, 0.3) is 10.2 Å². The second-order valence-electron chi connectivity index (χ2n) is 2.72. The van der Waals surface area contributed by atoms with Gasteiger partial charge in [0.1, 0.15) is 11.3 Å². The number of nitrogens with two attached hydrogens (primary N) is 1. The van der Waals surface area contributed by atoms with Crippen molar-refractivity contribution < 1.29 is 4.39 Å². The van der Waals surface area contributed by atoms with Gasteiger partial charge in [0.25, 0.3) is 0 Å². The van der Waals surface area contributed by atoms with Crippen molar-refractivity contribution in [3.05, 3.63) is 21.9 Å². The molecule has 0 fully saturated rings. The lowest BCUT2D eigenvalue weighted by Crippen LogP contribution is -1.84. The maximum Gasteiger partial charge on any atom is 0.181 e. The molecule has 0 atom stereocenters. The second-order valence-corrected chi connectivity index (χ2v) is 4.60. The van der Waals surface area contributed by atoms with E-state index in [2.05, 4.69) is 20.9 Å². The largest absolute Gasteiger partial charge is 0.375 e. The molecule has 0 unspecified atom stereocenters. The highest BCUT2D eigenvalue weighted by Gasteiger charge is 2.12. The monoisotopic (exact) mass is 260 g/mol. The molecule has 1 aromatic heterocycles. The van der Waals surface area contributed by atoms with Crippen LogP contribution in [0.4, 0.5) is 9.52 Å². The van der Waals surface area contributed by atoms with Gasteiger partial charge < -0.3 is 5.73 Å². The number of thiazole rings is 1. The quantitative estimate of drug-likeness (QED) is 0.791. The molecule has 0 radical (unpaired) electrons. The van der Waals surface area contributed by atoms with Crippen molar-refractivity contribution in [1.29, 1.82) is 0 Å². The zero-order valence-electron chi connectivity index (χ0n) is 6.77. The molecule has 0 spiro atoms. The predicted octanol–water partition coefficient (Wildman–Crippen LogP) is 3.09.